The zero-order valence-electron chi connectivity index (χ0n) is 14.7. The van der Waals surface area contributed by atoms with Gasteiger partial charge in [-0.3, -0.25) is 9.69 Å². The number of nitrogens with zero attached hydrogens (tertiary/aromatic N) is 3. The number of carbonyl (C=O) groups is 1. The number of hydrogen-bond acceptors (Lipinski definition) is 5. The van der Waals surface area contributed by atoms with Crippen molar-refractivity contribution in [1.29, 1.82) is 0 Å². The SMILES string of the molecule is Cn1cnc2c1[C@H](C(=O)NCCc1cccs1)CN(Cc1ccoc1)C2. The highest BCUT2D eigenvalue weighted by Gasteiger charge is 2.33. The minimum Gasteiger partial charge on any atom is -0.472 e. The fourth-order valence-electron chi connectivity index (χ4n) is 3.53. The Kier molecular flexibility index (Phi) is 4.90. The van der Waals surface area contributed by atoms with Gasteiger partial charge in [-0.1, -0.05) is 6.07 Å². The molecule has 0 aliphatic carbocycles. The van der Waals surface area contributed by atoms with E-state index in [9.17, 15) is 4.79 Å². The number of furan rings is 1. The van der Waals surface area contributed by atoms with E-state index in [1.807, 2.05) is 23.7 Å². The number of aromatic nitrogens is 2. The van der Waals surface area contributed by atoms with Crippen LogP contribution in [0.3, 0.4) is 0 Å². The van der Waals surface area contributed by atoms with Gasteiger partial charge in [0.25, 0.3) is 0 Å². The summed E-state index contributed by atoms with van der Waals surface area (Å²) in [6.45, 7) is 2.85. The number of fused-ring (bicyclic) bond motifs is 1. The van der Waals surface area contributed by atoms with Crippen molar-refractivity contribution in [1.82, 2.24) is 19.8 Å². The van der Waals surface area contributed by atoms with Crippen molar-refractivity contribution in [3.63, 3.8) is 0 Å². The monoisotopic (exact) mass is 370 g/mol. The maximum atomic E-state index is 12.9. The van der Waals surface area contributed by atoms with Crippen LogP contribution in [0.5, 0.6) is 0 Å². The van der Waals surface area contributed by atoms with Crippen LogP contribution in [0.2, 0.25) is 0 Å². The van der Waals surface area contributed by atoms with E-state index in [0.717, 1.165) is 36.5 Å². The van der Waals surface area contributed by atoms with Crippen molar-refractivity contribution in [3.8, 4) is 0 Å². The average molecular weight is 370 g/mol. The lowest BCUT2D eigenvalue weighted by molar-refractivity contribution is -0.123. The van der Waals surface area contributed by atoms with Crippen molar-refractivity contribution in [2.75, 3.05) is 13.1 Å². The van der Waals surface area contributed by atoms with E-state index < -0.39 is 0 Å². The molecule has 0 saturated carbocycles. The van der Waals surface area contributed by atoms with Gasteiger partial charge in [-0.15, -0.1) is 11.3 Å². The van der Waals surface area contributed by atoms with Gasteiger partial charge in [0.2, 0.25) is 5.91 Å². The normalized spacial score (nSPS) is 17.2. The minimum absolute atomic E-state index is 0.0725. The summed E-state index contributed by atoms with van der Waals surface area (Å²) in [5.74, 6) is -0.134. The molecule has 0 saturated heterocycles. The maximum Gasteiger partial charge on any atom is 0.230 e. The predicted molar refractivity (Wildman–Crippen MR) is 99.8 cm³/mol. The summed E-state index contributed by atoms with van der Waals surface area (Å²) in [7, 11) is 1.96. The van der Waals surface area contributed by atoms with Crippen LogP contribution >= 0.6 is 11.3 Å². The third-order valence-corrected chi connectivity index (χ3v) is 5.70. The molecule has 3 aromatic heterocycles. The van der Waals surface area contributed by atoms with Crippen LogP contribution in [0.4, 0.5) is 0 Å². The molecule has 0 unspecified atom stereocenters. The van der Waals surface area contributed by atoms with Crippen LogP contribution in [0, 0.1) is 0 Å². The third kappa shape index (κ3) is 3.59. The molecule has 0 spiro atoms. The van der Waals surface area contributed by atoms with Gasteiger partial charge in [-0.25, -0.2) is 4.98 Å². The van der Waals surface area contributed by atoms with Gasteiger partial charge >= 0.3 is 0 Å². The van der Waals surface area contributed by atoms with Crippen LogP contribution in [-0.4, -0.2) is 33.4 Å². The number of aryl methyl sites for hydroxylation is 1. The Morgan fingerprint density at radius 2 is 2.38 bits per heavy atom. The molecule has 6 nitrogen and oxygen atoms in total. The Bertz CT molecular complexity index is 854. The molecule has 1 N–H and O–H groups in total. The molecule has 1 aliphatic rings. The zero-order chi connectivity index (χ0) is 17.9. The largest absolute Gasteiger partial charge is 0.472 e. The maximum absolute atomic E-state index is 12.9. The van der Waals surface area contributed by atoms with E-state index in [4.69, 9.17) is 4.42 Å². The van der Waals surface area contributed by atoms with Gasteiger partial charge in [0.1, 0.15) is 0 Å². The molecule has 136 valence electrons. The number of carbonyl (C=O) groups excluding carboxylic acids is 1. The summed E-state index contributed by atoms with van der Waals surface area (Å²) in [6.07, 6.45) is 6.11. The lowest BCUT2D eigenvalue weighted by Crippen LogP contribution is -2.42. The Balaban J connectivity index is 1.45. The second-order valence-electron chi connectivity index (χ2n) is 6.66. The van der Waals surface area contributed by atoms with E-state index in [1.165, 1.54) is 4.88 Å². The zero-order valence-corrected chi connectivity index (χ0v) is 15.5. The number of hydrogen-bond donors (Lipinski definition) is 1. The predicted octanol–water partition coefficient (Wildman–Crippen LogP) is 2.53. The first-order valence-electron chi connectivity index (χ1n) is 8.74. The van der Waals surface area contributed by atoms with Crippen molar-refractivity contribution in [2.45, 2.75) is 25.4 Å². The first kappa shape index (κ1) is 17.1. The van der Waals surface area contributed by atoms with E-state index in [2.05, 4.69) is 26.6 Å². The summed E-state index contributed by atoms with van der Waals surface area (Å²) in [5, 5.41) is 5.17. The molecule has 0 bridgehead atoms. The Morgan fingerprint density at radius 3 is 3.15 bits per heavy atom. The Hall–Kier alpha value is -2.38. The van der Waals surface area contributed by atoms with Crippen LogP contribution in [0.1, 0.15) is 27.7 Å². The molecule has 0 radical (unpaired) electrons. The Labute approximate surface area is 156 Å². The smallest absolute Gasteiger partial charge is 0.230 e. The van der Waals surface area contributed by atoms with E-state index in [1.54, 1.807) is 30.2 Å². The molecule has 0 aromatic carbocycles. The Morgan fingerprint density at radius 1 is 1.46 bits per heavy atom. The van der Waals surface area contributed by atoms with E-state index in [0.29, 0.717) is 13.1 Å². The number of nitrogens with one attached hydrogen (secondary N) is 1. The van der Waals surface area contributed by atoms with Crippen molar-refractivity contribution in [2.24, 2.45) is 7.05 Å². The van der Waals surface area contributed by atoms with Gasteiger partial charge in [0.05, 0.1) is 36.2 Å². The fraction of sp³-hybridized carbons (Fsp3) is 0.368. The highest BCUT2D eigenvalue weighted by atomic mass is 32.1. The van der Waals surface area contributed by atoms with Crippen LogP contribution in [0.15, 0.2) is 46.8 Å². The molecule has 7 heteroatoms. The van der Waals surface area contributed by atoms with Crippen LogP contribution in [0.25, 0.3) is 0 Å². The molecule has 1 aliphatic heterocycles. The van der Waals surface area contributed by atoms with Gasteiger partial charge in [0.15, 0.2) is 0 Å². The molecule has 4 rings (SSSR count). The van der Waals surface area contributed by atoms with Crippen LogP contribution < -0.4 is 5.32 Å². The van der Waals surface area contributed by atoms with Crippen molar-refractivity contribution < 1.29 is 9.21 Å². The number of rotatable bonds is 6. The lowest BCUT2D eigenvalue weighted by atomic mass is 9.96. The van der Waals surface area contributed by atoms with Crippen LogP contribution in [-0.2, 0) is 31.4 Å². The standard InChI is InChI=1S/C19H22N4O2S/c1-22-13-21-17-11-23(9-14-5-7-25-12-14)10-16(18(17)22)19(24)20-6-4-15-3-2-8-26-15/h2-3,5,7-8,12-13,16H,4,6,9-11H2,1H3,(H,20,24)/t16-/m1/s1. The fourth-order valence-corrected chi connectivity index (χ4v) is 4.24. The summed E-state index contributed by atoms with van der Waals surface area (Å²) < 4.78 is 7.15. The average Bonchev–Trinajstić information content (AvgIpc) is 3.38. The van der Waals surface area contributed by atoms with Gasteiger partial charge in [-0.05, 0) is 23.9 Å². The summed E-state index contributed by atoms with van der Waals surface area (Å²) in [6, 6.07) is 6.10. The van der Waals surface area contributed by atoms with Gasteiger partial charge in [0, 0.05) is 43.7 Å². The molecule has 1 amide bonds. The summed E-state index contributed by atoms with van der Waals surface area (Å²) in [5.41, 5.74) is 3.13. The first-order chi connectivity index (χ1) is 12.7. The first-order valence-corrected chi connectivity index (χ1v) is 9.62. The van der Waals surface area contributed by atoms with Gasteiger partial charge in [-0.2, -0.15) is 0 Å². The van der Waals surface area contributed by atoms with Crippen molar-refractivity contribution >= 4 is 17.2 Å². The van der Waals surface area contributed by atoms with Gasteiger partial charge < -0.3 is 14.3 Å². The quantitative estimate of drug-likeness (QED) is 0.724. The van der Waals surface area contributed by atoms with E-state index in [-0.39, 0.29) is 11.8 Å². The molecular formula is C19H22N4O2S. The highest BCUT2D eigenvalue weighted by Crippen LogP contribution is 2.28. The molecule has 3 aromatic rings. The third-order valence-electron chi connectivity index (χ3n) is 4.76. The molecule has 0 fully saturated rings. The second kappa shape index (κ2) is 7.47. The molecule has 1 atom stereocenters. The molecule has 4 heterocycles. The number of amides is 1. The molecule has 26 heavy (non-hydrogen) atoms. The summed E-state index contributed by atoms with van der Waals surface area (Å²) >= 11 is 1.72. The highest BCUT2D eigenvalue weighted by molar-refractivity contribution is 7.09. The topological polar surface area (TPSA) is 63.3 Å². The number of imidazole rings is 1. The second-order valence-corrected chi connectivity index (χ2v) is 7.69. The molecular weight excluding hydrogens is 348 g/mol. The summed E-state index contributed by atoms with van der Waals surface area (Å²) in [4.78, 5) is 20.9. The van der Waals surface area contributed by atoms with Crippen molar-refractivity contribution in [3.05, 3.63) is 64.3 Å². The lowest BCUT2D eigenvalue weighted by Gasteiger charge is -2.32. The van der Waals surface area contributed by atoms with E-state index >= 15 is 0 Å². The number of thiophene rings is 1. The minimum atomic E-state index is -0.207.